The Morgan fingerprint density at radius 2 is 0.694 bits per heavy atom. The number of carbonyl (C=O) groups is 8. The fourth-order valence-electron chi connectivity index (χ4n) is 1.01. The molecular formula is C22H39O13Zr. The first-order valence-electron chi connectivity index (χ1n) is 10.4. The standard InChI is InChI=1S/4C4H6O3.C4H10O.C2H5.Zr/c4*1-3(5)2-4(6)7;1-2-3-4-5;1-2;/h4*2H2,1H3,(H,6,7);5H,2-4H2,1H3;1H2,2H3;. The predicted octanol–water partition coefficient (Wildman–Crippen LogP) is 1.95. The molecule has 0 amide bonds. The Morgan fingerprint density at radius 1 is 0.528 bits per heavy atom. The van der Waals surface area contributed by atoms with Gasteiger partial charge in [0.2, 0.25) is 0 Å². The van der Waals surface area contributed by atoms with Crippen LogP contribution in [0.1, 0.15) is 80.1 Å². The van der Waals surface area contributed by atoms with Gasteiger partial charge in [0.25, 0.3) is 0 Å². The molecule has 36 heavy (non-hydrogen) atoms. The zero-order valence-electron chi connectivity index (χ0n) is 21.7. The molecule has 209 valence electrons. The molecule has 0 rings (SSSR count). The minimum absolute atomic E-state index is 0.312. The van der Waals surface area contributed by atoms with E-state index in [1.54, 1.807) is 24.7 Å². The fraction of sp³-hybridized carbons (Fsp3) is 0.636. The number of carboxylic acid groups (broad SMARTS) is 4. The second-order valence-corrected chi connectivity index (χ2v) is 8.26. The number of unbranched alkanes of at least 4 members (excludes halogenated alkanes) is 1. The monoisotopic (exact) mass is 601 g/mol. The number of carbonyl (C=O) groups excluding carboxylic acids is 4. The third kappa shape index (κ3) is 122. The van der Waals surface area contributed by atoms with Gasteiger partial charge in [-0.3, -0.25) is 38.4 Å². The maximum absolute atomic E-state index is 9.87. The number of aliphatic hydroxyl groups excluding tert-OH is 1. The van der Waals surface area contributed by atoms with E-state index in [-0.39, 0.29) is 48.8 Å². The molecule has 0 saturated heterocycles. The summed E-state index contributed by atoms with van der Waals surface area (Å²) in [5.74, 6) is -5.50. The Balaban J connectivity index is -0.0000000763. The summed E-state index contributed by atoms with van der Waals surface area (Å²) < 4.78 is 1.34. The van der Waals surface area contributed by atoms with E-state index >= 15 is 0 Å². The summed E-state index contributed by atoms with van der Waals surface area (Å²) in [7, 11) is 0. The van der Waals surface area contributed by atoms with Crippen molar-refractivity contribution >= 4 is 47.0 Å². The first-order valence-corrected chi connectivity index (χ1v) is 12.2. The van der Waals surface area contributed by atoms with E-state index in [1.807, 2.05) is 0 Å². The molecule has 0 unspecified atom stereocenters. The molecule has 0 fully saturated rings. The van der Waals surface area contributed by atoms with Crippen LogP contribution in [-0.2, 0) is 63.1 Å². The van der Waals surface area contributed by atoms with Crippen molar-refractivity contribution in [3.63, 3.8) is 0 Å². The zero-order chi connectivity index (χ0) is 30.3. The molecule has 0 spiro atoms. The molecular weight excluding hydrogens is 563 g/mol. The molecule has 0 atom stereocenters. The number of ketones is 4. The fourth-order valence-corrected chi connectivity index (χ4v) is 1.01. The number of hydrogen-bond donors (Lipinski definition) is 5. The quantitative estimate of drug-likeness (QED) is 0.225. The predicted molar refractivity (Wildman–Crippen MR) is 124 cm³/mol. The van der Waals surface area contributed by atoms with E-state index in [1.165, 1.54) is 31.8 Å². The summed E-state index contributed by atoms with van der Waals surface area (Å²) in [4.78, 5) is 77.8. The van der Waals surface area contributed by atoms with Crippen LogP contribution in [-0.4, -0.2) is 79.1 Å². The van der Waals surface area contributed by atoms with Gasteiger partial charge in [0.15, 0.2) is 0 Å². The van der Waals surface area contributed by atoms with Crippen molar-refractivity contribution in [2.24, 2.45) is 0 Å². The van der Waals surface area contributed by atoms with Gasteiger partial charge in [-0.05, 0) is 34.1 Å². The topological polar surface area (TPSA) is 238 Å². The van der Waals surface area contributed by atoms with Crippen LogP contribution >= 0.6 is 0 Å². The Morgan fingerprint density at radius 3 is 0.694 bits per heavy atom. The molecule has 0 aromatic carbocycles. The van der Waals surface area contributed by atoms with Crippen LogP contribution in [0.5, 0.6) is 0 Å². The second-order valence-electron chi connectivity index (χ2n) is 6.52. The molecule has 0 aromatic heterocycles. The summed E-state index contributed by atoms with van der Waals surface area (Å²) in [6.45, 7) is 9.54. The van der Waals surface area contributed by atoms with Gasteiger partial charge in [-0.25, -0.2) is 0 Å². The van der Waals surface area contributed by atoms with Gasteiger partial charge in [0, 0.05) is 6.61 Å². The van der Waals surface area contributed by atoms with E-state index in [0.717, 1.165) is 12.8 Å². The summed E-state index contributed by atoms with van der Waals surface area (Å²) >= 11 is 1.64. The number of Topliss-reactive ketones (excluding diaryl/α,β-unsaturated/α-hetero) is 4. The van der Waals surface area contributed by atoms with Gasteiger partial charge in [0.1, 0.15) is 48.8 Å². The van der Waals surface area contributed by atoms with Crippen LogP contribution in [0.15, 0.2) is 0 Å². The van der Waals surface area contributed by atoms with Crippen molar-refractivity contribution in [2.45, 2.75) is 84.2 Å². The molecule has 0 saturated carbocycles. The summed E-state index contributed by atoms with van der Waals surface area (Å²) in [6, 6.07) is 0. The number of carboxylic acids is 4. The van der Waals surface area contributed by atoms with Crippen molar-refractivity contribution < 1.29 is 88.6 Å². The SMILES string of the molecule is CC(=O)CC(=O)O.CC(=O)CC(=O)O.CC(=O)CC(=O)O.CC(=O)CC(=O)O.CCCCO.C[CH2][Zr]. The van der Waals surface area contributed by atoms with Crippen molar-refractivity contribution in [3.05, 3.63) is 0 Å². The third-order valence-corrected chi connectivity index (χ3v) is 2.11. The normalized spacial score (nSPS) is 7.94. The van der Waals surface area contributed by atoms with E-state index in [0.29, 0.717) is 6.61 Å². The Bertz CT molecular complexity index is 504. The van der Waals surface area contributed by atoms with Crippen LogP contribution in [0.4, 0.5) is 0 Å². The number of hydrogen-bond acceptors (Lipinski definition) is 9. The van der Waals surface area contributed by atoms with Crippen molar-refractivity contribution in [3.8, 4) is 0 Å². The second kappa shape index (κ2) is 37.0. The van der Waals surface area contributed by atoms with Crippen LogP contribution < -0.4 is 0 Å². The van der Waals surface area contributed by atoms with E-state index in [9.17, 15) is 38.4 Å². The molecule has 0 aliphatic heterocycles. The molecule has 14 heteroatoms. The van der Waals surface area contributed by atoms with Crippen molar-refractivity contribution in [2.75, 3.05) is 6.61 Å². The molecule has 0 bridgehead atoms. The Kier molecular flexibility index (Phi) is 48.0. The molecule has 0 heterocycles. The van der Waals surface area contributed by atoms with Crippen LogP contribution in [0, 0.1) is 0 Å². The molecule has 5 N–H and O–H groups in total. The minimum atomic E-state index is -1.06. The van der Waals surface area contributed by atoms with Gasteiger partial charge in [-0.15, -0.1) is 0 Å². The van der Waals surface area contributed by atoms with Gasteiger partial charge in [-0.1, -0.05) is 13.3 Å². The zero-order valence-corrected chi connectivity index (χ0v) is 24.1. The molecule has 0 radical (unpaired) electrons. The van der Waals surface area contributed by atoms with Crippen molar-refractivity contribution in [1.29, 1.82) is 0 Å². The third-order valence-electron chi connectivity index (χ3n) is 2.11. The van der Waals surface area contributed by atoms with Gasteiger partial charge < -0.3 is 25.5 Å². The van der Waals surface area contributed by atoms with Gasteiger partial charge in [0.05, 0.1) is 0 Å². The molecule has 0 aliphatic carbocycles. The van der Waals surface area contributed by atoms with Crippen LogP contribution in [0.2, 0.25) is 4.13 Å². The van der Waals surface area contributed by atoms with Gasteiger partial charge in [-0.2, -0.15) is 0 Å². The van der Waals surface area contributed by atoms with Crippen LogP contribution in [0.3, 0.4) is 0 Å². The van der Waals surface area contributed by atoms with E-state index in [2.05, 4.69) is 13.8 Å². The summed E-state index contributed by atoms with van der Waals surface area (Å²) in [5, 5.41) is 39.5. The Hall–Kier alpha value is -2.60. The Labute approximate surface area is 226 Å². The molecule has 0 aromatic rings. The molecule has 13 nitrogen and oxygen atoms in total. The van der Waals surface area contributed by atoms with Crippen molar-refractivity contribution in [1.82, 2.24) is 0 Å². The summed E-state index contributed by atoms with van der Waals surface area (Å²) in [6.07, 6.45) is 0.594. The number of aliphatic carboxylic acids is 4. The average molecular weight is 603 g/mol. The van der Waals surface area contributed by atoms with E-state index in [4.69, 9.17) is 25.5 Å². The van der Waals surface area contributed by atoms with Gasteiger partial charge >= 0.3 is 59.6 Å². The maximum atomic E-state index is 9.87. The average Bonchev–Trinajstić information content (AvgIpc) is 2.60. The first-order chi connectivity index (χ1) is 16.3. The van der Waals surface area contributed by atoms with E-state index < -0.39 is 23.9 Å². The number of aliphatic hydroxyl groups is 1. The molecule has 0 aliphatic rings. The number of rotatable bonds is 10. The first kappa shape index (κ1) is 46.7. The van der Waals surface area contributed by atoms with Crippen LogP contribution in [0.25, 0.3) is 0 Å². The summed E-state index contributed by atoms with van der Waals surface area (Å²) in [5.41, 5.74) is 0.